The molecule has 4 aromatic rings. The molecule has 0 bridgehead atoms. The first-order valence-electron chi connectivity index (χ1n) is 12.8. The molecule has 37 heavy (non-hydrogen) atoms. The van der Waals surface area contributed by atoms with Gasteiger partial charge in [0.25, 0.3) is 5.91 Å². The summed E-state index contributed by atoms with van der Waals surface area (Å²) in [5.74, 6) is 1.71. The molecule has 0 spiro atoms. The molecule has 2 heterocycles. The van der Waals surface area contributed by atoms with Crippen molar-refractivity contribution in [1.29, 1.82) is 0 Å². The molecule has 0 N–H and O–H groups in total. The molecule has 5 rings (SSSR count). The van der Waals surface area contributed by atoms with Crippen molar-refractivity contribution < 1.29 is 14.3 Å². The van der Waals surface area contributed by atoms with Gasteiger partial charge in [0.2, 0.25) is 0 Å². The molecule has 6 nitrogen and oxygen atoms in total. The zero-order valence-electron chi connectivity index (χ0n) is 21.7. The number of ether oxygens (including phenoxy) is 2. The SMILES string of the molecule is CCOc1ccccc1-n1c(-c2ccccc2)cc(C(=O)N2CCN(c3ccc(OC)cc3)CC2)c1C. The van der Waals surface area contributed by atoms with Crippen molar-refractivity contribution in [3.8, 4) is 28.4 Å². The van der Waals surface area contributed by atoms with Crippen LogP contribution >= 0.6 is 0 Å². The van der Waals surface area contributed by atoms with Crippen LogP contribution in [0.5, 0.6) is 11.5 Å². The third-order valence-corrected chi connectivity index (χ3v) is 6.96. The first-order valence-corrected chi connectivity index (χ1v) is 12.8. The summed E-state index contributed by atoms with van der Waals surface area (Å²) in [6.07, 6.45) is 0. The fourth-order valence-corrected chi connectivity index (χ4v) is 5.01. The van der Waals surface area contributed by atoms with Crippen LogP contribution < -0.4 is 14.4 Å². The lowest BCUT2D eigenvalue weighted by molar-refractivity contribution is 0.0746. The number of anilines is 1. The number of piperazine rings is 1. The van der Waals surface area contributed by atoms with Crippen molar-refractivity contribution in [2.24, 2.45) is 0 Å². The third-order valence-electron chi connectivity index (χ3n) is 6.96. The second kappa shape index (κ2) is 10.8. The Morgan fingerprint density at radius 1 is 0.865 bits per heavy atom. The number of aromatic nitrogens is 1. The van der Waals surface area contributed by atoms with Gasteiger partial charge < -0.3 is 23.8 Å². The highest BCUT2D eigenvalue weighted by Gasteiger charge is 2.27. The highest BCUT2D eigenvalue weighted by molar-refractivity contribution is 5.97. The Bertz CT molecular complexity index is 1350. The van der Waals surface area contributed by atoms with Crippen molar-refractivity contribution >= 4 is 11.6 Å². The number of methoxy groups -OCH3 is 1. The molecule has 1 aliphatic rings. The molecule has 0 unspecified atom stereocenters. The van der Waals surface area contributed by atoms with E-state index < -0.39 is 0 Å². The van der Waals surface area contributed by atoms with Gasteiger partial charge in [0.05, 0.1) is 30.7 Å². The van der Waals surface area contributed by atoms with E-state index in [2.05, 4.69) is 33.7 Å². The Balaban J connectivity index is 1.45. The van der Waals surface area contributed by atoms with E-state index in [1.165, 1.54) is 0 Å². The Labute approximate surface area is 218 Å². The second-order valence-corrected chi connectivity index (χ2v) is 9.11. The number of nitrogens with zero attached hydrogens (tertiary/aromatic N) is 3. The number of para-hydroxylation sites is 2. The standard InChI is InChI=1S/C31H33N3O3/c1-4-37-30-13-9-8-12-28(30)34-23(2)27(22-29(34)24-10-6-5-7-11-24)31(35)33-20-18-32(19-21-33)25-14-16-26(36-3)17-15-25/h5-17,22H,4,18-21H2,1-3H3. The van der Waals surface area contributed by atoms with Crippen LogP contribution in [0.3, 0.4) is 0 Å². The van der Waals surface area contributed by atoms with Crippen molar-refractivity contribution in [3.05, 3.63) is 96.2 Å². The molecule has 1 amide bonds. The minimum atomic E-state index is 0.0664. The smallest absolute Gasteiger partial charge is 0.255 e. The monoisotopic (exact) mass is 495 g/mol. The minimum Gasteiger partial charge on any atom is -0.497 e. The molecule has 3 aromatic carbocycles. The van der Waals surface area contributed by atoms with Crippen molar-refractivity contribution in [2.75, 3.05) is 44.8 Å². The maximum absolute atomic E-state index is 13.8. The van der Waals surface area contributed by atoms with Crippen LogP contribution in [0.1, 0.15) is 23.0 Å². The van der Waals surface area contributed by atoms with Gasteiger partial charge in [0.15, 0.2) is 0 Å². The predicted octanol–water partition coefficient (Wildman–Crippen LogP) is 5.82. The van der Waals surface area contributed by atoms with Crippen LogP contribution in [0.15, 0.2) is 84.9 Å². The largest absolute Gasteiger partial charge is 0.497 e. The molecule has 0 radical (unpaired) electrons. The van der Waals surface area contributed by atoms with Gasteiger partial charge in [0.1, 0.15) is 11.5 Å². The van der Waals surface area contributed by atoms with E-state index in [0.29, 0.717) is 19.7 Å². The summed E-state index contributed by atoms with van der Waals surface area (Å²) in [6.45, 7) is 7.50. The lowest BCUT2D eigenvalue weighted by Crippen LogP contribution is -2.48. The predicted molar refractivity (Wildman–Crippen MR) is 148 cm³/mol. The minimum absolute atomic E-state index is 0.0664. The van der Waals surface area contributed by atoms with Gasteiger partial charge in [-0.15, -0.1) is 0 Å². The Morgan fingerprint density at radius 3 is 2.22 bits per heavy atom. The van der Waals surface area contributed by atoms with E-state index in [9.17, 15) is 4.79 Å². The van der Waals surface area contributed by atoms with Gasteiger partial charge in [0, 0.05) is 37.6 Å². The number of carbonyl (C=O) groups excluding carboxylic acids is 1. The van der Waals surface area contributed by atoms with Gasteiger partial charge in [-0.05, 0) is 61.9 Å². The van der Waals surface area contributed by atoms with Crippen LogP contribution in [-0.2, 0) is 0 Å². The summed E-state index contributed by atoms with van der Waals surface area (Å²) in [4.78, 5) is 18.1. The molecule has 1 saturated heterocycles. The van der Waals surface area contributed by atoms with Crippen molar-refractivity contribution in [2.45, 2.75) is 13.8 Å². The third kappa shape index (κ3) is 4.92. The molecule has 6 heteroatoms. The number of amides is 1. The highest BCUT2D eigenvalue weighted by atomic mass is 16.5. The van der Waals surface area contributed by atoms with Crippen molar-refractivity contribution in [3.63, 3.8) is 0 Å². The fraction of sp³-hybridized carbons (Fsp3) is 0.258. The van der Waals surface area contributed by atoms with E-state index >= 15 is 0 Å². The first kappa shape index (κ1) is 24.5. The summed E-state index contributed by atoms with van der Waals surface area (Å²) in [6, 6.07) is 28.4. The number of benzene rings is 3. The average molecular weight is 496 g/mol. The van der Waals surface area contributed by atoms with E-state index in [1.54, 1.807) is 7.11 Å². The summed E-state index contributed by atoms with van der Waals surface area (Å²) >= 11 is 0. The number of rotatable bonds is 7. The van der Waals surface area contributed by atoms with Crippen molar-refractivity contribution in [1.82, 2.24) is 9.47 Å². The van der Waals surface area contributed by atoms with Gasteiger partial charge in [-0.1, -0.05) is 42.5 Å². The normalized spacial score (nSPS) is 13.5. The van der Waals surface area contributed by atoms with Gasteiger partial charge in [-0.3, -0.25) is 4.79 Å². The lowest BCUT2D eigenvalue weighted by Gasteiger charge is -2.36. The number of carbonyl (C=O) groups is 1. The van der Waals surface area contributed by atoms with Crippen LogP contribution in [0.25, 0.3) is 16.9 Å². The number of hydrogen-bond donors (Lipinski definition) is 0. The summed E-state index contributed by atoms with van der Waals surface area (Å²) in [5, 5.41) is 0. The van der Waals surface area contributed by atoms with Gasteiger partial charge in [-0.25, -0.2) is 0 Å². The van der Waals surface area contributed by atoms with Gasteiger partial charge in [-0.2, -0.15) is 0 Å². The molecule has 1 aliphatic heterocycles. The average Bonchev–Trinajstić information content (AvgIpc) is 3.30. The lowest BCUT2D eigenvalue weighted by atomic mass is 10.1. The summed E-state index contributed by atoms with van der Waals surface area (Å²) in [5.41, 5.74) is 5.75. The summed E-state index contributed by atoms with van der Waals surface area (Å²) in [7, 11) is 1.67. The molecule has 1 aromatic heterocycles. The molecule has 0 saturated carbocycles. The topological polar surface area (TPSA) is 46.9 Å². The van der Waals surface area contributed by atoms with Crippen LogP contribution in [0.4, 0.5) is 5.69 Å². The van der Waals surface area contributed by atoms with E-state index in [0.717, 1.165) is 58.5 Å². The van der Waals surface area contributed by atoms with E-state index in [1.807, 2.05) is 79.4 Å². The first-order chi connectivity index (χ1) is 18.1. The number of hydrogen-bond acceptors (Lipinski definition) is 4. The van der Waals surface area contributed by atoms with Crippen LogP contribution in [-0.4, -0.2) is 55.3 Å². The van der Waals surface area contributed by atoms with Gasteiger partial charge >= 0.3 is 0 Å². The molecule has 190 valence electrons. The maximum Gasteiger partial charge on any atom is 0.255 e. The quantitative estimate of drug-likeness (QED) is 0.324. The zero-order chi connectivity index (χ0) is 25.8. The molecule has 1 fully saturated rings. The Morgan fingerprint density at radius 2 is 1.54 bits per heavy atom. The summed E-state index contributed by atoms with van der Waals surface area (Å²) < 4.78 is 13.4. The fourth-order valence-electron chi connectivity index (χ4n) is 5.01. The molecule has 0 aliphatic carbocycles. The molecular formula is C31H33N3O3. The highest BCUT2D eigenvalue weighted by Crippen LogP contribution is 2.34. The van der Waals surface area contributed by atoms with Crippen LogP contribution in [0.2, 0.25) is 0 Å². The van der Waals surface area contributed by atoms with Crippen LogP contribution in [0, 0.1) is 6.92 Å². The van der Waals surface area contributed by atoms with E-state index in [-0.39, 0.29) is 5.91 Å². The Hall–Kier alpha value is -4.19. The second-order valence-electron chi connectivity index (χ2n) is 9.11. The zero-order valence-corrected chi connectivity index (χ0v) is 21.7. The molecular weight excluding hydrogens is 462 g/mol. The van der Waals surface area contributed by atoms with E-state index in [4.69, 9.17) is 9.47 Å². The maximum atomic E-state index is 13.8. The Kier molecular flexibility index (Phi) is 7.17. The molecule has 0 atom stereocenters.